The van der Waals surface area contributed by atoms with E-state index >= 15 is 0 Å². The lowest BCUT2D eigenvalue weighted by Gasteiger charge is -2.28. The molecule has 4 nitrogen and oxygen atoms in total. The van der Waals surface area contributed by atoms with Gasteiger partial charge in [-0.15, -0.1) is 0 Å². The van der Waals surface area contributed by atoms with Gasteiger partial charge in [0.15, 0.2) is 0 Å². The van der Waals surface area contributed by atoms with Crippen molar-refractivity contribution >= 4 is 6.09 Å². The molecule has 0 rings (SSSR count). The predicted molar refractivity (Wildman–Crippen MR) is 61.4 cm³/mol. The van der Waals surface area contributed by atoms with E-state index in [0.29, 0.717) is 0 Å². The minimum absolute atomic E-state index is 0.0923. The van der Waals surface area contributed by atoms with Crippen LogP contribution in [0.5, 0.6) is 0 Å². The van der Waals surface area contributed by atoms with Gasteiger partial charge in [-0.1, -0.05) is 20.8 Å². The van der Waals surface area contributed by atoms with Gasteiger partial charge in [-0.05, 0) is 33.1 Å². The Morgan fingerprint density at radius 1 is 1.13 bits per heavy atom. The van der Waals surface area contributed by atoms with Crippen molar-refractivity contribution in [3.63, 3.8) is 0 Å². The molecule has 0 saturated heterocycles. The number of amides is 1. The second-order valence-corrected chi connectivity index (χ2v) is 5.86. The molecule has 0 bridgehead atoms. The van der Waals surface area contributed by atoms with Gasteiger partial charge in [-0.25, -0.2) is 10.2 Å². The number of rotatable bonds is 2. The quantitative estimate of drug-likeness (QED) is 0.697. The summed E-state index contributed by atoms with van der Waals surface area (Å²) in [7, 11) is 0. The van der Waals surface area contributed by atoms with E-state index in [4.69, 9.17) is 4.74 Å². The first-order chi connectivity index (χ1) is 6.52. The molecule has 0 saturated carbocycles. The number of hydrazine groups is 1. The maximum absolute atomic E-state index is 11.3. The number of nitrogens with one attached hydrogen (secondary N) is 2. The van der Waals surface area contributed by atoms with E-state index in [1.54, 1.807) is 0 Å². The number of hydrogen-bond donors (Lipinski definition) is 2. The molecule has 90 valence electrons. The molecule has 0 aromatic heterocycles. The van der Waals surface area contributed by atoms with Crippen LogP contribution in [0.2, 0.25) is 0 Å². The first-order valence-corrected chi connectivity index (χ1v) is 5.27. The summed E-state index contributed by atoms with van der Waals surface area (Å²) in [6.07, 6.45) is -0.446. The van der Waals surface area contributed by atoms with Gasteiger partial charge < -0.3 is 4.74 Å². The van der Waals surface area contributed by atoms with Crippen LogP contribution in [0.4, 0.5) is 4.79 Å². The molecule has 0 aliphatic carbocycles. The van der Waals surface area contributed by atoms with Crippen LogP contribution >= 0.6 is 0 Å². The number of ether oxygens (including phenoxy) is 1. The minimum atomic E-state index is -0.462. The van der Waals surface area contributed by atoms with E-state index in [-0.39, 0.29) is 11.5 Å². The van der Waals surface area contributed by atoms with Crippen molar-refractivity contribution in [2.24, 2.45) is 5.41 Å². The molecule has 0 aromatic rings. The minimum Gasteiger partial charge on any atom is -0.443 e. The lowest BCUT2D eigenvalue weighted by atomic mass is 9.89. The normalized spacial score (nSPS) is 14.6. The molecule has 1 amide bonds. The van der Waals surface area contributed by atoms with E-state index in [1.807, 2.05) is 27.7 Å². The van der Waals surface area contributed by atoms with Crippen molar-refractivity contribution in [2.45, 2.75) is 60.1 Å². The molecule has 0 aliphatic rings. The molecule has 0 unspecified atom stereocenters. The standard InChI is InChI=1S/C11H24N2O2/c1-8(10(2,3)4)12-13-9(14)15-11(5,6)7/h8,12H,1-7H3,(H,13,14)/t8-/m1/s1. The molecular formula is C11H24N2O2. The molecule has 0 spiro atoms. The van der Waals surface area contributed by atoms with Crippen molar-refractivity contribution in [1.29, 1.82) is 0 Å². The summed E-state index contributed by atoms with van der Waals surface area (Å²) in [5, 5.41) is 0. The lowest BCUT2D eigenvalue weighted by molar-refractivity contribution is 0.0474. The Balaban J connectivity index is 3.92. The van der Waals surface area contributed by atoms with Crippen LogP contribution in [0.15, 0.2) is 0 Å². The highest BCUT2D eigenvalue weighted by molar-refractivity contribution is 5.67. The Bertz CT molecular complexity index is 214. The molecule has 1 atom stereocenters. The Morgan fingerprint density at radius 3 is 1.93 bits per heavy atom. The zero-order chi connectivity index (χ0) is 12.3. The maximum atomic E-state index is 11.3. The SMILES string of the molecule is C[C@@H](NNC(=O)OC(C)(C)C)C(C)(C)C. The Kier molecular flexibility index (Phi) is 4.59. The highest BCUT2D eigenvalue weighted by Crippen LogP contribution is 2.17. The second-order valence-electron chi connectivity index (χ2n) is 5.86. The summed E-state index contributed by atoms with van der Waals surface area (Å²) in [5.74, 6) is 0. The van der Waals surface area contributed by atoms with Crippen LogP contribution in [0.3, 0.4) is 0 Å². The van der Waals surface area contributed by atoms with Crippen molar-refractivity contribution in [1.82, 2.24) is 10.9 Å². The summed E-state index contributed by atoms with van der Waals surface area (Å²) >= 11 is 0. The molecule has 2 N–H and O–H groups in total. The Labute approximate surface area is 92.7 Å². The molecule has 0 aromatic carbocycles. The van der Waals surface area contributed by atoms with Gasteiger partial charge in [0.2, 0.25) is 0 Å². The van der Waals surface area contributed by atoms with Gasteiger partial charge in [0.25, 0.3) is 0 Å². The number of hydrogen-bond acceptors (Lipinski definition) is 3. The van der Waals surface area contributed by atoms with E-state index in [0.717, 1.165) is 0 Å². The van der Waals surface area contributed by atoms with E-state index < -0.39 is 11.7 Å². The zero-order valence-corrected chi connectivity index (χ0v) is 10.9. The van der Waals surface area contributed by atoms with Crippen LogP contribution in [0.25, 0.3) is 0 Å². The monoisotopic (exact) mass is 216 g/mol. The van der Waals surface area contributed by atoms with Gasteiger partial charge in [-0.2, -0.15) is 0 Å². The first kappa shape index (κ1) is 14.2. The fourth-order valence-electron chi connectivity index (χ4n) is 0.687. The van der Waals surface area contributed by atoms with Gasteiger partial charge in [0.05, 0.1) is 0 Å². The van der Waals surface area contributed by atoms with E-state index in [9.17, 15) is 4.79 Å². The Morgan fingerprint density at radius 2 is 1.60 bits per heavy atom. The molecule has 0 fully saturated rings. The molecule has 4 heteroatoms. The Hall–Kier alpha value is -0.770. The average Bonchev–Trinajstić information content (AvgIpc) is 1.94. The third kappa shape index (κ3) is 7.19. The lowest BCUT2D eigenvalue weighted by Crippen LogP contribution is -2.49. The van der Waals surface area contributed by atoms with Crippen LogP contribution in [-0.2, 0) is 4.74 Å². The average molecular weight is 216 g/mol. The number of carbonyl (C=O) groups excluding carboxylic acids is 1. The van der Waals surface area contributed by atoms with Crippen LogP contribution < -0.4 is 10.9 Å². The topological polar surface area (TPSA) is 50.4 Å². The van der Waals surface area contributed by atoms with Crippen molar-refractivity contribution < 1.29 is 9.53 Å². The summed E-state index contributed by atoms with van der Waals surface area (Å²) in [6, 6.07) is 0.171. The fraction of sp³-hybridized carbons (Fsp3) is 0.909. The van der Waals surface area contributed by atoms with Crippen LogP contribution in [-0.4, -0.2) is 17.7 Å². The summed E-state index contributed by atoms with van der Waals surface area (Å²) in [6.45, 7) is 13.8. The highest BCUT2D eigenvalue weighted by atomic mass is 16.6. The fourth-order valence-corrected chi connectivity index (χ4v) is 0.687. The van der Waals surface area contributed by atoms with Gasteiger partial charge >= 0.3 is 6.09 Å². The number of carbonyl (C=O) groups is 1. The molecule has 0 aliphatic heterocycles. The second kappa shape index (κ2) is 4.84. The van der Waals surface area contributed by atoms with Crippen molar-refractivity contribution in [3.05, 3.63) is 0 Å². The summed E-state index contributed by atoms with van der Waals surface area (Å²) < 4.78 is 5.09. The zero-order valence-electron chi connectivity index (χ0n) is 10.9. The van der Waals surface area contributed by atoms with Gasteiger partial charge in [-0.3, -0.25) is 5.43 Å². The maximum Gasteiger partial charge on any atom is 0.422 e. The molecular weight excluding hydrogens is 192 g/mol. The van der Waals surface area contributed by atoms with E-state index in [2.05, 4.69) is 31.6 Å². The predicted octanol–water partition coefficient (Wildman–Crippen LogP) is 2.45. The molecule has 15 heavy (non-hydrogen) atoms. The third-order valence-corrected chi connectivity index (χ3v) is 2.09. The smallest absolute Gasteiger partial charge is 0.422 e. The first-order valence-electron chi connectivity index (χ1n) is 5.27. The van der Waals surface area contributed by atoms with Gasteiger partial charge in [0, 0.05) is 6.04 Å². The van der Waals surface area contributed by atoms with Crippen LogP contribution in [0, 0.1) is 5.41 Å². The van der Waals surface area contributed by atoms with E-state index in [1.165, 1.54) is 0 Å². The van der Waals surface area contributed by atoms with Crippen molar-refractivity contribution in [3.8, 4) is 0 Å². The van der Waals surface area contributed by atoms with Crippen LogP contribution in [0.1, 0.15) is 48.5 Å². The highest BCUT2D eigenvalue weighted by Gasteiger charge is 2.21. The molecule has 0 heterocycles. The molecule has 0 radical (unpaired) electrons. The third-order valence-electron chi connectivity index (χ3n) is 2.09. The van der Waals surface area contributed by atoms with Crippen molar-refractivity contribution in [2.75, 3.05) is 0 Å². The largest absolute Gasteiger partial charge is 0.443 e. The summed E-state index contributed by atoms with van der Waals surface area (Å²) in [5.41, 5.74) is 5.09. The van der Waals surface area contributed by atoms with Gasteiger partial charge in [0.1, 0.15) is 5.60 Å². The summed E-state index contributed by atoms with van der Waals surface area (Å²) in [4.78, 5) is 11.3.